The van der Waals surface area contributed by atoms with E-state index in [9.17, 15) is 4.79 Å². The molecule has 0 aliphatic heterocycles. The minimum absolute atomic E-state index is 0.404. The highest BCUT2D eigenvalue weighted by Crippen LogP contribution is 2.17. The van der Waals surface area contributed by atoms with Gasteiger partial charge in [0.25, 0.3) is 0 Å². The van der Waals surface area contributed by atoms with E-state index in [0.29, 0.717) is 12.2 Å². The maximum absolute atomic E-state index is 12.0. The van der Waals surface area contributed by atoms with Gasteiger partial charge in [0, 0.05) is 0 Å². The van der Waals surface area contributed by atoms with Crippen LogP contribution < -0.4 is 10.5 Å². The van der Waals surface area contributed by atoms with Gasteiger partial charge in [-0.3, -0.25) is 0 Å². The van der Waals surface area contributed by atoms with E-state index in [4.69, 9.17) is 10.5 Å². The molecule has 1 unspecified atom stereocenters. The number of aryl methyl sites for hydroxylation is 2. The largest absolute Gasteiger partial charge is 0.425 e. The standard InChI is InChI=1S/C17H19NO2/c1-12-8-13(2)10-15(9-12)20-17(19)16(18)11-14-6-4-3-5-7-14/h3-10,16H,11,18H2,1-2H3. The normalized spacial score (nSPS) is 11.9. The van der Waals surface area contributed by atoms with Crippen molar-refractivity contribution in [3.63, 3.8) is 0 Å². The van der Waals surface area contributed by atoms with Gasteiger partial charge in [-0.15, -0.1) is 0 Å². The minimum atomic E-state index is -0.654. The summed E-state index contributed by atoms with van der Waals surface area (Å²) >= 11 is 0. The van der Waals surface area contributed by atoms with Crippen LogP contribution in [-0.2, 0) is 11.2 Å². The van der Waals surface area contributed by atoms with Crippen LogP contribution >= 0.6 is 0 Å². The van der Waals surface area contributed by atoms with Gasteiger partial charge < -0.3 is 10.5 Å². The molecule has 2 N–H and O–H groups in total. The third-order valence-electron chi connectivity index (χ3n) is 3.01. The summed E-state index contributed by atoms with van der Waals surface area (Å²) in [5.41, 5.74) is 9.04. The average molecular weight is 269 g/mol. The molecule has 0 spiro atoms. The second-order valence-corrected chi connectivity index (χ2v) is 5.04. The fraction of sp³-hybridized carbons (Fsp3) is 0.235. The number of hydrogen-bond acceptors (Lipinski definition) is 3. The van der Waals surface area contributed by atoms with Crippen LogP contribution in [0, 0.1) is 13.8 Å². The van der Waals surface area contributed by atoms with E-state index in [1.165, 1.54) is 0 Å². The number of rotatable bonds is 4. The van der Waals surface area contributed by atoms with Crippen LogP contribution in [0.2, 0.25) is 0 Å². The second-order valence-electron chi connectivity index (χ2n) is 5.04. The van der Waals surface area contributed by atoms with Gasteiger partial charge >= 0.3 is 5.97 Å². The van der Waals surface area contributed by atoms with Gasteiger partial charge in [-0.25, -0.2) is 4.79 Å². The molecular formula is C17H19NO2. The van der Waals surface area contributed by atoms with Gasteiger partial charge in [0.05, 0.1) is 0 Å². The van der Waals surface area contributed by atoms with E-state index in [0.717, 1.165) is 16.7 Å². The predicted molar refractivity (Wildman–Crippen MR) is 79.7 cm³/mol. The highest BCUT2D eigenvalue weighted by atomic mass is 16.5. The van der Waals surface area contributed by atoms with Crippen molar-refractivity contribution >= 4 is 5.97 Å². The number of carbonyl (C=O) groups excluding carboxylic acids is 1. The molecule has 0 saturated carbocycles. The lowest BCUT2D eigenvalue weighted by molar-refractivity contribution is -0.135. The van der Waals surface area contributed by atoms with Crippen LogP contribution in [-0.4, -0.2) is 12.0 Å². The van der Waals surface area contributed by atoms with E-state index in [1.54, 1.807) is 0 Å². The Morgan fingerprint density at radius 3 is 2.30 bits per heavy atom. The lowest BCUT2D eigenvalue weighted by atomic mass is 10.1. The Labute approximate surface area is 119 Å². The molecule has 0 aliphatic carbocycles. The first kappa shape index (κ1) is 14.3. The molecule has 104 valence electrons. The predicted octanol–water partition coefficient (Wildman–Crippen LogP) is 2.78. The molecule has 0 aliphatic rings. The quantitative estimate of drug-likeness (QED) is 0.686. The summed E-state index contributed by atoms with van der Waals surface area (Å²) in [4.78, 5) is 12.0. The first-order valence-electron chi connectivity index (χ1n) is 6.64. The third kappa shape index (κ3) is 3.93. The zero-order chi connectivity index (χ0) is 14.5. The topological polar surface area (TPSA) is 52.3 Å². The molecule has 0 bridgehead atoms. The molecule has 0 heterocycles. The fourth-order valence-corrected chi connectivity index (χ4v) is 2.14. The van der Waals surface area contributed by atoms with Crippen molar-refractivity contribution in [2.24, 2.45) is 5.73 Å². The SMILES string of the molecule is Cc1cc(C)cc(OC(=O)C(N)Cc2ccccc2)c1. The van der Waals surface area contributed by atoms with Crippen molar-refractivity contribution in [1.82, 2.24) is 0 Å². The molecule has 0 amide bonds. The summed E-state index contributed by atoms with van der Waals surface area (Å²) < 4.78 is 5.35. The van der Waals surface area contributed by atoms with Crippen LogP contribution in [0.1, 0.15) is 16.7 Å². The van der Waals surface area contributed by atoms with Gasteiger partial charge in [-0.1, -0.05) is 36.4 Å². The Bertz CT molecular complexity index is 573. The Hall–Kier alpha value is -2.13. The van der Waals surface area contributed by atoms with Crippen LogP contribution in [0.25, 0.3) is 0 Å². The molecule has 3 heteroatoms. The molecule has 2 aromatic rings. The number of hydrogen-bond donors (Lipinski definition) is 1. The summed E-state index contributed by atoms with van der Waals surface area (Å²) in [6.07, 6.45) is 0.477. The smallest absolute Gasteiger partial charge is 0.328 e. The Morgan fingerprint density at radius 2 is 1.70 bits per heavy atom. The third-order valence-corrected chi connectivity index (χ3v) is 3.01. The summed E-state index contributed by atoms with van der Waals surface area (Å²) in [6.45, 7) is 3.93. The van der Waals surface area contributed by atoms with Crippen LogP contribution in [0.3, 0.4) is 0 Å². The lowest BCUT2D eigenvalue weighted by Gasteiger charge is -2.12. The molecular weight excluding hydrogens is 250 g/mol. The summed E-state index contributed by atoms with van der Waals surface area (Å²) in [6, 6.07) is 14.7. The maximum atomic E-state index is 12.0. The van der Waals surface area contributed by atoms with Crippen molar-refractivity contribution < 1.29 is 9.53 Å². The Balaban J connectivity index is 2.00. The first-order valence-corrected chi connectivity index (χ1v) is 6.64. The van der Waals surface area contributed by atoms with E-state index in [-0.39, 0.29) is 0 Å². The maximum Gasteiger partial charge on any atom is 0.328 e. The molecule has 2 rings (SSSR count). The number of esters is 1. The molecule has 0 aromatic heterocycles. The number of carbonyl (C=O) groups is 1. The monoisotopic (exact) mass is 269 g/mol. The van der Waals surface area contributed by atoms with Crippen molar-refractivity contribution in [2.75, 3.05) is 0 Å². The summed E-state index contributed by atoms with van der Waals surface area (Å²) in [7, 11) is 0. The van der Waals surface area contributed by atoms with Crippen molar-refractivity contribution in [2.45, 2.75) is 26.3 Å². The Kier molecular flexibility index (Phi) is 4.53. The second kappa shape index (κ2) is 6.35. The molecule has 1 atom stereocenters. The molecule has 2 aromatic carbocycles. The molecule has 0 saturated heterocycles. The van der Waals surface area contributed by atoms with Gasteiger partial charge in [0.2, 0.25) is 0 Å². The van der Waals surface area contributed by atoms with Crippen LogP contribution in [0.15, 0.2) is 48.5 Å². The van der Waals surface area contributed by atoms with E-state index >= 15 is 0 Å². The highest BCUT2D eigenvalue weighted by molar-refractivity contribution is 5.78. The number of benzene rings is 2. The fourth-order valence-electron chi connectivity index (χ4n) is 2.14. The molecule has 0 radical (unpaired) electrons. The first-order chi connectivity index (χ1) is 9.54. The zero-order valence-corrected chi connectivity index (χ0v) is 11.8. The van der Waals surface area contributed by atoms with E-state index < -0.39 is 12.0 Å². The van der Waals surface area contributed by atoms with Crippen molar-refractivity contribution in [3.05, 3.63) is 65.2 Å². The number of ether oxygens (including phenoxy) is 1. The minimum Gasteiger partial charge on any atom is -0.425 e. The molecule has 20 heavy (non-hydrogen) atoms. The van der Waals surface area contributed by atoms with Crippen LogP contribution in [0.5, 0.6) is 5.75 Å². The van der Waals surface area contributed by atoms with Gasteiger partial charge in [-0.2, -0.15) is 0 Å². The zero-order valence-electron chi connectivity index (χ0n) is 11.8. The average Bonchev–Trinajstić information content (AvgIpc) is 2.38. The highest BCUT2D eigenvalue weighted by Gasteiger charge is 2.16. The molecule has 3 nitrogen and oxygen atoms in total. The van der Waals surface area contributed by atoms with E-state index in [1.807, 2.05) is 62.4 Å². The summed E-state index contributed by atoms with van der Waals surface area (Å²) in [5, 5.41) is 0. The van der Waals surface area contributed by atoms with E-state index in [2.05, 4.69) is 0 Å². The van der Waals surface area contributed by atoms with Gasteiger partial charge in [-0.05, 0) is 49.1 Å². The van der Waals surface area contributed by atoms with Crippen molar-refractivity contribution in [1.29, 1.82) is 0 Å². The Morgan fingerprint density at radius 1 is 1.10 bits per heavy atom. The van der Waals surface area contributed by atoms with Gasteiger partial charge in [0.1, 0.15) is 11.8 Å². The van der Waals surface area contributed by atoms with Crippen LogP contribution in [0.4, 0.5) is 0 Å². The van der Waals surface area contributed by atoms with Gasteiger partial charge in [0.15, 0.2) is 0 Å². The summed E-state index contributed by atoms with van der Waals surface area (Å²) in [5.74, 6) is 0.148. The lowest BCUT2D eigenvalue weighted by Crippen LogP contribution is -2.36. The molecule has 0 fully saturated rings. The number of nitrogens with two attached hydrogens (primary N) is 1. The van der Waals surface area contributed by atoms with Crippen molar-refractivity contribution in [3.8, 4) is 5.75 Å².